The Morgan fingerprint density at radius 2 is 1.75 bits per heavy atom. The van der Waals surface area contributed by atoms with Crippen molar-refractivity contribution in [2.24, 2.45) is 0 Å². The summed E-state index contributed by atoms with van der Waals surface area (Å²) in [5.74, 6) is 0. The molecule has 2 rings (SSSR count). The molecule has 1 fully saturated rings. The maximum absolute atomic E-state index is 12.5. The summed E-state index contributed by atoms with van der Waals surface area (Å²) in [6.07, 6.45) is 1.65. The average Bonchev–Trinajstić information content (AvgIpc) is 2.31. The number of anilines is 1. The average molecular weight is 298 g/mol. The monoisotopic (exact) mass is 298 g/mol. The molecule has 0 atom stereocenters. The Labute approximate surface area is 120 Å². The highest BCUT2D eigenvalue weighted by Crippen LogP contribution is 2.28. The van der Waals surface area contributed by atoms with Crippen LogP contribution in [0.1, 0.15) is 24.0 Å². The van der Waals surface area contributed by atoms with Crippen LogP contribution in [-0.4, -0.2) is 34.7 Å². The molecule has 0 aliphatic heterocycles. The Hall–Kier alpha value is -1.11. The summed E-state index contributed by atoms with van der Waals surface area (Å²) in [4.78, 5) is 0.386. The molecule has 1 aliphatic rings. The van der Waals surface area contributed by atoms with Crippen molar-refractivity contribution < 1.29 is 13.2 Å². The van der Waals surface area contributed by atoms with Gasteiger partial charge in [0.05, 0.1) is 11.0 Å². The van der Waals surface area contributed by atoms with Crippen LogP contribution >= 0.6 is 0 Å². The van der Waals surface area contributed by atoms with Crippen LogP contribution in [0.25, 0.3) is 0 Å². The highest BCUT2D eigenvalue weighted by atomic mass is 32.2. The maximum Gasteiger partial charge on any atom is 0.241 e. The summed E-state index contributed by atoms with van der Waals surface area (Å²) in [6.45, 7) is 3.64. The number of methoxy groups -OCH3 is 1. The number of sulfonamides is 1. The third-order valence-corrected chi connectivity index (χ3v) is 5.59. The maximum atomic E-state index is 12.5. The molecule has 0 aromatic heterocycles. The van der Waals surface area contributed by atoms with E-state index in [-0.39, 0.29) is 12.1 Å². The van der Waals surface area contributed by atoms with Crippen molar-refractivity contribution in [3.63, 3.8) is 0 Å². The molecule has 1 saturated carbocycles. The van der Waals surface area contributed by atoms with Gasteiger partial charge in [0.2, 0.25) is 10.0 Å². The second-order valence-electron chi connectivity index (χ2n) is 5.34. The van der Waals surface area contributed by atoms with Gasteiger partial charge in [-0.2, -0.15) is 0 Å². The van der Waals surface area contributed by atoms with E-state index in [0.717, 1.165) is 29.7 Å². The van der Waals surface area contributed by atoms with Crippen molar-refractivity contribution in [1.29, 1.82) is 0 Å². The first-order valence-corrected chi connectivity index (χ1v) is 8.20. The molecule has 0 amide bonds. The zero-order valence-corrected chi connectivity index (χ0v) is 13.2. The van der Waals surface area contributed by atoms with Crippen molar-refractivity contribution >= 4 is 15.7 Å². The molecule has 1 aliphatic carbocycles. The number of nitrogens with one attached hydrogen (secondary N) is 2. The number of ether oxygens (including phenoxy) is 1. The summed E-state index contributed by atoms with van der Waals surface area (Å²) in [5.41, 5.74) is 2.43. The first-order valence-electron chi connectivity index (χ1n) is 6.71. The van der Waals surface area contributed by atoms with Gasteiger partial charge < -0.3 is 10.1 Å². The SMILES string of the molecule is CNc1cc(C)c(S(=O)(=O)NC2CC(OC)C2)c(C)c1. The molecule has 20 heavy (non-hydrogen) atoms. The van der Waals surface area contributed by atoms with Crippen LogP contribution in [0.2, 0.25) is 0 Å². The fourth-order valence-electron chi connectivity index (χ4n) is 2.65. The molecule has 5 nitrogen and oxygen atoms in total. The molecule has 6 heteroatoms. The van der Waals surface area contributed by atoms with Gasteiger partial charge in [-0.15, -0.1) is 0 Å². The van der Waals surface area contributed by atoms with Gasteiger partial charge in [-0.1, -0.05) is 0 Å². The highest BCUT2D eigenvalue weighted by Gasteiger charge is 2.33. The molecule has 0 saturated heterocycles. The van der Waals surface area contributed by atoms with E-state index in [1.54, 1.807) is 7.11 Å². The first-order chi connectivity index (χ1) is 9.37. The topological polar surface area (TPSA) is 67.4 Å². The van der Waals surface area contributed by atoms with E-state index in [1.807, 2.05) is 33.0 Å². The lowest BCUT2D eigenvalue weighted by molar-refractivity contribution is 0.0236. The second kappa shape index (κ2) is 5.71. The number of hydrogen-bond acceptors (Lipinski definition) is 4. The molecular weight excluding hydrogens is 276 g/mol. The van der Waals surface area contributed by atoms with Gasteiger partial charge in [0.1, 0.15) is 0 Å². The Bertz CT molecular complexity index is 569. The van der Waals surface area contributed by atoms with Crippen molar-refractivity contribution in [2.75, 3.05) is 19.5 Å². The highest BCUT2D eigenvalue weighted by molar-refractivity contribution is 7.89. The second-order valence-corrected chi connectivity index (χ2v) is 6.99. The molecule has 0 spiro atoms. The Morgan fingerprint density at radius 1 is 1.20 bits per heavy atom. The van der Waals surface area contributed by atoms with E-state index in [1.165, 1.54) is 0 Å². The Balaban J connectivity index is 2.22. The predicted molar refractivity (Wildman–Crippen MR) is 79.6 cm³/mol. The van der Waals surface area contributed by atoms with E-state index in [4.69, 9.17) is 4.74 Å². The fourth-order valence-corrected chi connectivity index (χ4v) is 4.37. The molecule has 0 unspecified atom stereocenters. The third-order valence-electron chi connectivity index (χ3n) is 3.77. The molecule has 1 aromatic carbocycles. The van der Waals surface area contributed by atoms with Crippen LogP contribution in [0, 0.1) is 13.8 Å². The van der Waals surface area contributed by atoms with Gasteiger partial charge >= 0.3 is 0 Å². The van der Waals surface area contributed by atoms with E-state index < -0.39 is 10.0 Å². The normalized spacial score (nSPS) is 22.4. The van der Waals surface area contributed by atoms with Gasteiger partial charge in [-0.25, -0.2) is 13.1 Å². The summed E-state index contributed by atoms with van der Waals surface area (Å²) in [6, 6.07) is 3.67. The molecule has 112 valence electrons. The van der Waals surface area contributed by atoms with Gasteiger partial charge in [-0.3, -0.25) is 0 Å². The summed E-state index contributed by atoms with van der Waals surface area (Å²) >= 11 is 0. The van der Waals surface area contributed by atoms with E-state index in [2.05, 4.69) is 10.0 Å². The molecule has 0 radical (unpaired) electrons. The molecule has 2 N–H and O–H groups in total. The van der Waals surface area contributed by atoms with E-state index >= 15 is 0 Å². The van der Waals surface area contributed by atoms with Gasteiger partial charge in [0.25, 0.3) is 0 Å². The minimum absolute atomic E-state index is 0.0206. The van der Waals surface area contributed by atoms with Crippen molar-refractivity contribution in [1.82, 2.24) is 4.72 Å². The first kappa shape index (κ1) is 15.3. The molecule has 1 aromatic rings. The number of aryl methyl sites for hydroxylation is 2. The Morgan fingerprint density at radius 3 is 2.20 bits per heavy atom. The van der Waals surface area contributed by atoms with Crippen molar-refractivity contribution in [3.05, 3.63) is 23.3 Å². The van der Waals surface area contributed by atoms with Crippen LogP contribution in [0.4, 0.5) is 5.69 Å². The van der Waals surface area contributed by atoms with Crippen molar-refractivity contribution in [2.45, 2.75) is 43.7 Å². The Kier molecular flexibility index (Phi) is 4.36. The number of benzene rings is 1. The van der Waals surface area contributed by atoms with Crippen LogP contribution in [0.3, 0.4) is 0 Å². The van der Waals surface area contributed by atoms with Crippen molar-refractivity contribution in [3.8, 4) is 0 Å². The molecule has 0 bridgehead atoms. The van der Waals surface area contributed by atoms with Crippen LogP contribution in [-0.2, 0) is 14.8 Å². The molecule has 0 heterocycles. The van der Waals surface area contributed by atoms with Crippen LogP contribution < -0.4 is 10.0 Å². The fraction of sp³-hybridized carbons (Fsp3) is 0.571. The molecular formula is C14H22N2O3S. The summed E-state index contributed by atoms with van der Waals surface area (Å²) < 4.78 is 32.9. The predicted octanol–water partition coefficient (Wildman–Crippen LogP) is 1.80. The van der Waals surface area contributed by atoms with Crippen LogP contribution in [0.15, 0.2) is 17.0 Å². The standard InChI is InChI=1S/C14H22N2O3S/c1-9-5-11(15-3)6-10(2)14(9)20(17,18)16-12-7-13(8-12)19-4/h5-6,12-13,15-16H,7-8H2,1-4H3. The van der Waals surface area contributed by atoms with Gasteiger partial charge in [0.15, 0.2) is 0 Å². The minimum atomic E-state index is -3.47. The lowest BCUT2D eigenvalue weighted by Gasteiger charge is -2.34. The van der Waals surface area contributed by atoms with E-state index in [9.17, 15) is 8.42 Å². The third kappa shape index (κ3) is 2.97. The quantitative estimate of drug-likeness (QED) is 0.870. The largest absolute Gasteiger partial charge is 0.388 e. The van der Waals surface area contributed by atoms with Crippen LogP contribution in [0.5, 0.6) is 0 Å². The van der Waals surface area contributed by atoms with E-state index in [0.29, 0.717) is 4.90 Å². The zero-order chi connectivity index (χ0) is 14.9. The number of hydrogen-bond donors (Lipinski definition) is 2. The zero-order valence-electron chi connectivity index (χ0n) is 12.4. The van der Waals surface area contributed by atoms with Gasteiger partial charge in [0, 0.05) is 25.9 Å². The lowest BCUT2D eigenvalue weighted by atomic mass is 9.90. The number of rotatable bonds is 5. The smallest absolute Gasteiger partial charge is 0.241 e. The lowest BCUT2D eigenvalue weighted by Crippen LogP contribution is -2.47. The van der Waals surface area contributed by atoms with Gasteiger partial charge in [-0.05, 0) is 49.9 Å². The summed E-state index contributed by atoms with van der Waals surface area (Å²) in [5, 5.41) is 3.03. The summed E-state index contributed by atoms with van der Waals surface area (Å²) in [7, 11) is 0.000593. The minimum Gasteiger partial charge on any atom is -0.388 e.